The van der Waals surface area contributed by atoms with Crippen molar-refractivity contribution in [2.45, 2.75) is 18.9 Å². The van der Waals surface area contributed by atoms with Gasteiger partial charge in [-0.1, -0.05) is 23.7 Å². The lowest BCUT2D eigenvalue weighted by atomic mass is 10.1. The van der Waals surface area contributed by atoms with Crippen molar-refractivity contribution in [2.24, 2.45) is 0 Å². The molecule has 0 unspecified atom stereocenters. The number of halogens is 1. The van der Waals surface area contributed by atoms with Crippen LogP contribution in [0.1, 0.15) is 17.5 Å². The van der Waals surface area contributed by atoms with E-state index in [1.54, 1.807) is 30.3 Å². The number of amides is 2. The maximum Gasteiger partial charge on any atom is 0.247 e. The fourth-order valence-corrected chi connectivity index (χ4v) is 2.88. The first-order chi connectivity index (χ1) is 12.5. The minimum absolute atomic E-state index is 0.0329. The van der Waals surface area contributed by atoms with Gasteiger partial charge in [-0.15, -0.1) is 0 Å². The number of fused-ring (bicyclic) bond motifs is 1. The molecule has 0 aromatic heterocycles. The molecule has 0 radical (unpaired) electrons. The Morgan fingerprint density at radius 1 is 1.19 bits per heavy atom. The normalized spacial score (nSPS) is 15.2. The fourth-order valence-electron chi connectivity index (χ4n) is 2.71. The van der Waals surface area contributed by atoms with E-state index in [-0.39, 0.29) is 18.2 Å². The molecule has 132 valence electrons. The number of hydrogen-bond acceptors (Lipinski definition) is 4. The Labute approximate surface area is 156 Å². The topological polar surface area (TPSA) is 94.0 Å². The molecule has 0 aliphatic carbocycles. The largest absolute Gasteiger partial charge is 0.372 e. The third-order valence-electron chi connectivity index (χ3n) is 4.09. The van der Waals surface area contributed by atoms with E-state index in [0.29, 0.717) is 34.9 Å². The molecule has 3 rings (SSSR count). The monoisotopic (exact) mass is 368 g/mol. The van der Waals surface area contributed by atoms with Gasteiger partial charge in [-0.2, -0.15) is 5.26 Å². The number of hydrogen-bond donors (Lipinski definition) is 3. The maximum atomic E-state index is 12.1. The van der Waals surface area contributed by atoms with Crippen molar-refractivity contribution in [1.29, 1.82) is 5.26 Å². The van der Waals surface area contributed by atoms with Gasteiger partial charge in [0.25, 0.3) is 0 Å². The predicted octanol–water partition coefficient (Wildman–Crippen LogP) is 2.69. The van der Waals surface area contributed by atoms with E-state index in [9.17, 15) is 9.59 Å². The molecule has 0 spiro atoms. The number of nitrogens with zero attached hydrogens (tertiary/aromatic N) is 1. The Morgan fingerprint density at radius 2 is 1.96 bits per heavy atom. The summed E-state index contributed by atoms with van der Waals surface area (Å²) in [6, 6.07) is 13.8. The van der Waals surface area contributed by atoms with Crippen LogP contribution in [0.5, 0.6) is 0 Å². The summed E-state index contributed by atoms with van der Waals surface area (Å²) < 4.78 is 0. The fraction of sp³-hybridized carbons (Fsp3) is 0.211. The van der Waals surface area contributed by atoms with Gasteiger partial charge in [0.05, 0.1) is 29.4 Å². The van der Waals surface area contributed by atoms with Crippen LogP contribution >= 0.6 is 11.6 Å². The zero-order valence-corrected chi connectivity index (χ0v) is 14.6. The maximum absolute atomic E-state index is 12.1. The van der Waals surface area contributed by atoms with Crippen LogP contribution in [0, 0.1) is 11.3 Å². The highest BCUT2D eigenvalue weighted by atomic mass is 35.5. The van der Waals surface area contributed by atoms with Gasteiger partial charge in [-0.05, 0) is 42.3 Å². The standard InChI is InChI=1S/C19H17ClN4O2/c20-14-5-6-15-16(9-14)23-17(19(26)24-15)10-18(25)22-8-7-12-1-3-13(11-21)4-2-12/h1-6,9,17,23H,7-8,10H2,(H,22,25)(H,24,26)/t17-/m1/s1. The predicted molar refractivity (Wildman–Crippen MR) is 100.0 cm³/mol. The van der Waals surface area contributed by atoms with Gasteiger partial charge in [0.15, 0.2) is 0 Å². The van der Waals surface area contributed by atoms with Crippen LogP contribution in [-0.2, 0) is 16.0 Å². The lowest BCUT2D eigenvalue weighted by Crippen LogP contribution is -2.42. The van der Waals surface area contributed by atoms with Crippen molar-refractivity contribution >= 4 is 34.8 Å². The second-order valence-electron chi connectivity index (χ2n) is 5.99. The highest BCUT2D eigenvalue weighted by Crippen LogP contribution is 2.30. The Hall–Kier alpha value is -3.04. The van der Waals surface area contributed by atoms with E-state index in [1.165, 1.54) is 0 Å². The van der Waals surface area contributed by atoms with Crippen molar-refractivity contribution in [1.82, 2.24) is 5.32 Å². The van der Waals surface area contributed by atoms with Gasteiger partial charge in [0.2, 0.25) is 11.8 Å². The molecule has 1 heterocycles. The lowest BCUT2D eigenvalue weighted by Gasteiger charge is -2.26. The Morgan fingerprint density at radius 3 is 2.69 bits per heavy atom. The quantitative estimate of drug-likeness (QED) is 0.756. The van der Waals surface area contributed by atoms with Crippen LogP contribution in [0.25, 0.3) is 0 Å². The van der Waals surface area contributed by atoms with E-state index in [2.05, 4.69) is 22.0 Å². The molecule has 1 aliphatic rings. The number of rotatable bonds is 5. The highest BCUT2D eigenvalue weighted by Gasteiger charge is 2.27. The summed E-state index contributed by atoms with van der Waals surface area (Å²) in [5.41, 5.74) is 2.98. The first-order valence-electron chi connectivity index (χ1n) is 8.18. The van der Waals surface area contributed by atoms with Crippen LogP contribution in [0.2, 0.25) is 5.02 Å². The summed E-state index contributed by atoms with van der Waals surface area (Å²) in [5.74, 6) is -0.459. The van der Waals surface area contributed by atoms with Crippen molar-refractivity contribution in [3.8, 4) is 6.07 Å². The average Bonchev–Trinajstić information content (AvgIpc) is 2.63. The third-order valence-corrected chi connectivity index (χ3v) is 4.33. The van der Waals surface area contributed by atoms with E-state index in [1.807, 2.05) is 12.1 Å². The molecule has 26 heavy (non-hydrogen) atoms. The van der Waals surface area contributed by atoms with E-state index in [0.717, 1.165) is 5.56 Å². The number of nitrogens with one attached hydrogen (secondary N) is 3. The summed E-state index contributed by atoms with van der Waals surface area (Å²) in [7, 11) is 0. The van der Waals surface area contributed by atoms with Crippen LogP contribution in [-0.4, -0.2) is 24.4 Å². The van der Waals surface area contributed by atoms with Gasteiger partial charge in [0, 0.05) is 11.6 Å². The zero-order chi connectivity index (χ0) is 18.5. The van der Waals surface area contributed by atoms with Crippen LogP contribution in [0.4, 0.5) is 11.4 Å². The number of carbonyl (C=O) groups is 2. The molecule has 0 saturated carbocycles. The molecule has 2 aromatic carbocycles. The number of benzene rings is 2. The molecule has 6 nitrogen and oxygen atoms in total. The van der Waals surface area contributed by atoms with Crippen LogP contribution in [0.15, 0.2) is 42.5 Å². The highest BCUT2D eigenvalue weighted by molar-refractivity contribution is 6.31. The summed E-state index contributed by atoms with van der Waals surface area (Å²) in [5, 5.41) is 18.0. The van der Waals surface area contributed by atoms with Gasteiger partial charge in [0.1, 0.15) is 6.04 Å². The number of nitriles is 1. The minimum Gasteiger partial charge on any atom is -0.372 e. The summed E-state index contributed by atoms with van der Waals surface area (Å²) in [6.45, 7) is 0.460. The Balaban J connectivity index is 1.50. The molecular formula is C19H17ClN4O2. The van der Waals surface area contributed by atoms with Gasteiger partial charge >= 0.3 is 0 Å². The van der Waals surface area contributed by atoms with Gasteiger partial charge in [-0.3, -0.25) is 9.59 Å². The second-order valence-corrected chi connectivity index (χ2v) is 6.43. The van der Waals surface area contributed by atoms with Crippen LogP contribution < -0.4 is 16.0 Å². The molecule has 0 fully saturated rings. The summed E-state index contributed by atoms with van der Waals surface area (Å²) >= 11 is 5.96. The Kier molecular flexibility index (Phi) is 5.40. The molecule has 7 heteroatoms. The third kappa shape index (κ3) is 4.32. The summed E-state index contributed by atoms with van der Waals surface area (Å²) in [6.07, 6.45) is 0.686. The molecular weight excluding hydrogens is 352 g/mol. The zero-order valence-electron chi connectivity index (χ0n) is 13.9. The average molecular weight is 369 g/mol. The van der Waals surface area contributed by atoms with Gasteiger partial charge < -0.3 is 16.0 Å². The van der Waals surface area contributed by atoms with Crippen LogP contribution in [0.3, 0.4) is 0 Å². The van der Waals surface area contributed by atoms with Crippen molar-refractivity contribution in [3.63, 3.8) is 0 Å². The number of anilines is 2. The molecule has 3 N–H and O–H groups in total. The second kappa shape index (κ2) is 7.89. The first-order valence-corrected chi connectivity index (χ1v) is 8.55. The Bertz CT molecular complexity index is 874. The van der Waals surface area contributed by atoms with E-state index in [4.69, 9.17) is 16.9 Å². The molecule has 2 aromatic rings. The lowest BCUT2D eigenvalue weighted by molar-refractivity contribution is -0.124. The smallest absolute Gasteiger partial charge is 0.247 e. The first kappa shape index (κ1) is 17.8. The molecule has 0 saturated heterocycles. The molecule has 2 amide bonds. The van der Waals surface area contributed by atoms with E-state index < -0.39 is 6.04 Å². The number of carbonyl (C=O) groups excluding carboxylic acids is 2. The molecule has 1 atom stereocenters. The molecule has 1 aliphatic heterocycles. The minimum atomic E-state index is -0.643. The van der Waals surface area contributed by atoms with E-state index >= 15 is 0 Å². The van der Waals surface area contributed by atoms with Crippen molar-refractivity contribution in [2.75, 3.05) is 17.2 Å². The van der Waals surface area contributed by atoms with Crippen molar-refractivity contribution < 1.29 is 9.59 Å². The molecule has 0 bridgehead atoms. The van der Waals surface area contributed by atoms with Crippen molar-refractivity contribution in [3.05, 3.63) is 58.6 Å². The summed E-state index contributed by atoms with van der Waals surface area (Å²) in [4.78, 5) is 24.2. The SMILES string of the molecule is N#Cc1ccc(CCNC(=O)C[C@H]2Nc3cc(Cl)ccc3NC2=O)cc1. The van der Waals surface area contributed by atoms with Gasteiger partial charge in [-0.25, -0.2) is 0 Å².